The summed E-state index contributed by atoms with van der Waals surface area (Å²) in [6.07, 6.45) is 0. The number of methoxy groups -OCH3 is 2. The number of aliphatic hydroxyl groups is 2. The van der Waals surface area contributed by atoms with Crippen LogP contribution in [0.2, 0.25) is 0 Å². The van der Waals surface area contributed by atoms with Crippen molar-refractivity contribution in [3.8, 4) is 11.5 Å². The zero-order chi connectivity index (χ0) is 44.3. The summed E-state index contributed by atoms with van der Waals surface area (Å²) in [6.45, 7) is 13.7. The second-order valence-corrected chi connectivity index (χ2v) is 16.3. The molecular weight excluding hydrogens is 849 g/mol. The van der Waals surface area contributed by atoms with Crippen LogP contribution in [0.5, 0.6) is 11.5 Å². The first-order valence-corrected chi connectivity index (χ1v) is 22.3. The summed E-state index contributed by atoms with van der Waals surface area (Å²) in [6, 6.07) is 7.08. The third-order valence-corrected chi connectivity index (χ3v) is 12.3. The molecule has 61 heavy (non-hydrogen) atoms. The van der Waals surface area contributed by atoms with Crippen molar-refractivity contribution in [1.82, 2.24) is 24.9 Å². The van der Waals surface area contributed by atoms with Gasteiger partial charge in [0.05, 0.1) is 61.6 Å². The van der Waals surface area contributed by atoms with Crippen molar-refractivity contribution in [2.24, 2.45) is 20.5 Å². The lowest BCUT2D eigenvalue weighted by Crippen LogP contribution is -2.31. The van der Waals surface area contributed by atoms with Crippen LogP contribution in [0, 0.1) is 13.8 Å². The van der Waals surface area contributed by atoms with Crippen molar-refractivity contribution in [2.75, 3.05) is 92.0 Å². The SMILES string of the molecule is CCN(CC)c1cc(Nc2nc(Nc3cc(N(CC)CC)c(OC)cc3N=Nc3nc(C)c(S(=O)(=O)O)s3)nc(N(CCO)CCO)n2)c(N=Nc2nc(C)cs2)cc1OC. The van der Waals surface area contributed by atoms with Gasteiger partial charge in [-0.3, -0.25) is 4.55 Å². The lowest BCUT2D eigenvalue weighted by atomic mass is 10.2. The van der Waals surface area contributed by atoms with Gasteiger partial charge in [-0.25, -0.2) is 9.97 Å². The highest BCUT2D eigenvalue weighted by molar-refractivity contribution is 7.88. The predicted molar refractivity (Wildman–Crippen MR) is 238 cm³/mol. The van der Waals surface area contributed by atoms with E-state index in [0.717, 1.165) is 17.1 Å². The van der Waals surface area contributed by atoms with Crippen molar-refractivity contribution in [2.45, 2.75) is 45.8 Å². The first kappa shape index (κ1) is 46.4. The minimum absolute atomic E-state index is 0.0121. The zero-order valence-corrected chi connectivity index (χ0v) is 37.6. The summed E-state index contributed by atoms with van der Waals surface area (Å²) >= 11 is 2.02. The Balaban J connectivity index is 1.69. The largest absolute Gasteiger partial charge is 0.494 e. The molecule has 0 aliphatic carbocycles. The van der Waals surface area contributed by atoms with Crippen molar-refractivity contribution in [1.29, 1.82) is 0 Å². The average Bonchev–Trinajstić information content (AvgIpc) is 3.85. The Kier molecular flexibility index (Phi) is 16.2. The smallest absolute Gasteiger partial charge is 0.306 e. The van der Waals surface area contributed by atoms with E-state index in [-0.39, 0.29) is 64.9 Å². The van der Waals surface area contributed by atoms with Gasteiger partial charge in [0.25, 0.3) is 0 Å². The van der Waals surface area contributed by atoms with Crippen LogP contribution in [0.15, 0.2) is 54.3 Å². The van der Waals surface area contributed by atoms with Gasteiger partial charge in [0, 0.05) is 56.8 Å². The third kappa shape index (κ3) is 11.6. The number of nitrogens with zero attached hydrogens (tertiary/aromatic N) is 12. The molecule has 0 aliphatic heterocycles. The van der Waals surface area contributed by atoms with Crippen LogP contribution < -0.4 is 34.8 Å². The molecule has 0 amide bonds. The summed E-state index contributed by atoms with van der Waals surface area (Å²) in [5, 5.41) is 46.4. The monoisotopic (exact) mass is 898 g/mol. The van der Waals surface area contributed by atoms with Gasteiger partial charge >= 0.3 is 10.1 Å². The average molecular weight is 899 g/mol. The summed E-state index contributed by atoms with van der Waals surface area (Å²) in [5.74, 6) is 1.28. The molecule has 5 rings (SSSR count). The van der Waals surface area contributed by atoms with Crippen LogP contribution in [0.3, 0.4) is 0 Å². The van der Waals surface area contributed by atoms with E-state index >= 15 is 0 Å². The maximum Gasteiger partial charge on any atom is 0.306 e. The maximum absolute atomic E-state index is 11.9. The third-order valence-electron chi connectivity index (χ3n) is 9.01. The standard InChI is InChI=1S/C37H50N14O7S3/c1-9-49(10-2)28-17-24(26(19-30(28)57-7)45-47-36-38-22(5)21-59-36)40-33-42-34(44-35(43-33)51(13-15-52)14-16-53)41-25-18-29(50(11-3)12-4)31(58-8)20-27(25)46-48-37-39-23(6)32(60-37)61(54,55)56/h17-21,52-53H,9-16H2,1-8H3,(H,54,55,56)(H2,40,41,42,43,44). The van der Waals surface area contributed by atoms with Crippen LogP contribution in [-0.2, 0) is 10.1 Å². The van der Waals surface area contributed by atoms with Crippen molar-refractivity contribution in [3.63, 3.8) is 0 Å². The van der Waals surface area contributed by atoms with Crippen LogP contribution in [0.1, 0.15) is 39.1 Å². The van der Waals surface area contributed by atoms with E-state index in [2.05, 4.69) is 50.9 Å². The van der Waals surface area contributed by atoms with Gasteiger partial charge in [-0.15, -0.1) is 31.8 Å². The second kappa shape index (κ2) is 21.2. The summed E-state index contributed by atoms with van der Waals surface area (Å²) in [7, 11) is -1.41. The zero-order valence-electron chi connectivity index (χ0n) is 35.1. The molecule has 0 atom stereocenters. The van der Waals surface area contributed by atoms with Gasteiger partial charge in [-0.1, -0.05) is 11.3 Å². The number of aryl methyl sites for hydroxylation is 2. The normalized spacial score (nSPS) is 11.7. The Morgan fingerprint density at radius 1 is 0.689 bits per heavy atom. The van der Waals surface area contributed by atoms with Crippen LogP contribution in [0.4, 0.5) is 62.2 Å². The maximum atomic E-state index is 11.9. The molecule has 0 aliphatic rings. The first-order chi connectivity index (χ1) is 29.3. The fourth-order valence-corrected chi connectivity index (χ4v) is 8.38. The molecule has 0 unspecified atom stereocenters. The Morgan fingerprint density at radius 2 is 1.18 bits per heavy atom. The van der Waals surface area contributed by atoms with Crippen LogP contribution in [-0.4, -0.2) is 115 Å². The molecule has 21 nitrogen and oxygen atoms in total. The number of azo groups is 2. The number of rotatable bonds is 22. The number of aliphatic hydroxyl groups excluding tert-OH is 2. The summed E-state index contributed by atoms with van der Waals surface area (Å²) in [4.78, 5) is 28.5. The lowest BCUT2D eigenvalue weighted by molar-refractivity contribution is 0.280. The van der Waals surface area contributed by atoms with E-state index < -0.39 is 10.1 Å². The Labute approximate surface area is 362 Å². The molecule has 328 valence electrons. The number of thiazole rings is 2. The van der Waals surface area contributed by atoms with Gasteiger partial charge in [-0.05, 0) is 53.7 Å². The molecule has 0 saturated heterocycles. The topological polar surface area (TPSA) is 261 Å². The lowest BCUT2D eigenvalue weighted by Gasteiger charge is -2.25. The number of aromatic nitrogens is 5. The van der Waals surface area contributed by atoms with Gasteiger partial charge in [0.15, 0.2) is 4.21 Å². The molecular formula is C37H50N14O7S3. The number of nitrogens with one attached hydrogen (secondary N) is 2. The van der Waals surface area contributed by atoms with E-state index in [4.69, 9.17) is 24.4 Å². The highest BCUT2D eigenvalue weighted by Gasteiger charge is 2.22. The molecule has 0 bridgehead atoms. The highest BCUT2D eigenvalue weighted by Crippen LogP contribution is 2.43. The minimum Gasteiger partial charge on any atom is -0.494 e. The predicted octanol–water partition coefficient (Wildman–Crippen LogP) is 7.47. The fraction of sp³-hybridized carbons (Fsp3) is 0.432. The Morgan fingerprint density at radius 3 is 1.57 bits per heavy atom. The Hall–Kier alpha value is -5.66. The highest BCUT2D eigenvalue weighted by atomic mass is 32.3. The van der Waals surface area contributed by atoms with Gasteiger partial charge in [0.2, 0.25) is 28.1 Å². The molecule has 5 N–H and O–H groups in total. The van der Waals surface area contributed by atoms with Crippen molar-refractivity contribution in [3.05, 3.63) is 41.0 Å². The number of ether oxygens (including phenoxy) is 2. The van der Waals surface area contributed by atoms with Gasteiger partial charge in [0.1, 0.15) is 22.9 Å². The first-order valence-electron chi connectivity index (χ1n) is 19.2. The molecule has 0 radical (unpaired) electrons. The van der Waals surface area contributed by atoms with Gasteiger partial charge < -0.3 is 45.0 Å². The number of hydrogen-bond acceptors (Lipinski definition) is 22. The summed E-state index contributed by atoms with van der Waals surface area (Å²) < 4.78 is 44.7. The molecule has 2 aromatic carbocycles. The van der Waals surface area contributed by atoms with Gasteiger partial charge in [-0.2, -0.15) is 23.4 Å². The van der Waals surface area contributed by atoms with Crippen molar-refractivity contribution < 1.29 is 32.7 Å². The van der Waals surface area contributed by atoms with E-state index in [0.29, 0.717) is 71.2 Å². The van der Waals surface area contributed by atoms with Crippen LogP contribution >= 0.6 is 22.7 Å². The molecule has 24 heteroatoms. The second-order valence-electron chi connectivity index (χ2n) is 12.9. The molecule has 3 heterocycles. The minimum atomic E-state index is -4.52. The molecule has 0 saturated carbocycles. The van der Waals surface area contributed by atoms with E-state index in [1.807, 2.05) is 46.1 Å². The van der Waals surface area contributed by atoms with E-state index in [1.165, 1.54) is 25.4 Å². The fourth-order valence-electron chi connectivity index (χ4n) is 6.07. The molecule has 0 fully saturated rings. The quantitative estimate of drug-likeness (QED) is 0.0333. The van der Waals surface area contributed by atoms with Crippen LogP contribution in [0.25, 0.3) is 0 Å². The van der Waals surface area contributed by atoms with Crippen molar-refractivity contribution >= 4 is 95.0 Å². The molecule has 5 aromatic rings. The number of anilines is 7. The van der Waals surface area contributed by atoms with E-state index in [1.54, 1.807) is 30.2 Å². The summed E-state index contributed by atoms with van der Waals surface area (Å²) in [5.41, 5.74) is 3.88. The Bertz CT molecular complexity index is 2430. The molecule has 0 spiro atoms. The number of hydrogen-bond donors (Lipinski definition) is 5. The molecule has 3 aromatic heterocycles. The number of benzene rings is 2. The van der Waals surface area contributed by atoms with E-state index in [9.17, 15) is 23.2 Å².